The third kappa shape index (κ3) is 3.06. The number of hydrogen-bond donors (Lipinski definition) is 1. The molecule has 0 aromatic heterocycles. The van der Waals surface area contributed by atoms with Crippen LogP contribution in [0.5, 0.6) is 0 Å². The number of carbonyl (C=O) groups is 1. The van der Waals surface area contributed by atoms with Crippen LogP contribution in [0.1, 0.15) is 16.8 Å². The maximum atomic E-state index is 12.0. The molecule has 1 aromatic rings. The number of rotatable bonds is 5. The number of sulfonamides is 1. The number of nitrogens with zero attached hydrogens (tertiary/aromatic N) is 2. The monoisotopic (exact) mass is 268 g/mol. The highest BCUT2D eigenvalue weighted by molar-refractivity contribution is 7.89. The van der Waals surface area contributed by atoms with Crippen molar-refractivity contribution in [2.45, 2.75) is 11.3 Å². The van der Waals surface area contributed by atoms with E-state index >= 15 is 0 Å². The molecule has 0 spiro atoms. The molecule has 0 amide bonds. The van der Waals surface area contributed by atoms with Crippen molar-refractivity contribution in [1.29, 1.82) is 5.26 Å². The molecule has 0 aliphatic rings. The molecule has 1 aromatic carbocycles. The van der Waals surface area contributed by atoms with E-state index in [9.17, 15) is 13.2 Å². The Hall–Kier alpha value is -1.91. The minimum Gasteiger partial charge on any atom is -0.478 e. The summed E-state index contributed by atoms with van der Waals surface area (Å²) >= 11 is 0. The molecule has 0 aliphatic carbocycles. The Morgan fingerprint density at radius 1 is 1.50 bits per heavy atom. The van der Waals surface area contributed by atoms with Crippen LogP contribution in [0.25, 0.3) is 0 Å². The highest BCUT2D eigenvalue weighted by atomic mass is 32.2. The molecule has 0 fully saturated rings. The van der Waals surface area contributed by atoms with Gasteiger partial charge in [-0.3, -0.25) is 0 Å². The van der Waals surface area contributed by atoms with E-state index in [1.165, 1.54) is 25.2 Å². The van der Waals surface area contributed by atoms with E-state index in [2.05, 4.69) is 0 Å². The quantitative estimate of drug-likeness (QED) is 0.856. The third-order valence-electron chi connectivity index (χ3n) is 2.33. The van der Waals surface area contributed by atoms with E-state index in [4.69, 9.17) is 10.4 Å². The van der Waals surface area contributed by atoms with Gasteiger partial charge in [0.15, 0.2) is 0 Å². The standard InChI is InChI=1S/C11H12N2O4S/c1-13(7-3-6-12)18(16,17)10-5-2-4-9(8-10)11(14)15/h2,4-5,8H,3,7H2,1H3,(H,14,15). The van der Waals surface area contributed by atoms with Gasteiger partial charge in [-0.2, -0.15) is 9.57 Å². The second-order valence-corrected chi connectivity index (χ2v) is 5.61. The molecule has 0 atom stereocenters. The molecule has 0 saturated carbocycles. The molecule has 0 aliphatic heterocycles. The van der Waals surface area contributed by atoms with E-state index in [0.717, 1.165) is 10.4 Å². The van der Waals surface area contributed by atoms with Crippen molar-refractivity contribution in [3.63, 3.8) is 0 Å². The second-order valence-electron chi connectivity index (χ2n) is 3.57. The molecule has 1 rings (SSSR count). The molecule has 0 heterocycles. The molecule has 96 valence electrons. The zero-order chi connectivity index (χ0) is 13.8. The highest BCUT2D eigenvalue weighted by Gasteiger charge is 2.21. The number of carboxylic acid groups (broad SMARTS) is 1. The van der Waals surface area contributed by atoms with Gasteiger partial charge in [-0.25, -0.2) is 13.2 Å². The first kappa shape index (κ1) is 14.2. The summed E-state index contributed by atoms with van der Waals surface area (Å²) in [6.45, 7) is 0.0656. The maximum absolute atomic E-state index is 12.0. The van der Waals surface area contributed by atoms with Crippen LogP contribution in [0, 0.1) is 11.3 Å². The first-order chi connectivity index (χ1) is 8.39. The Morgan fingerprint density at radius 2 is 2.17 bits per heavy atom. The van der Waals surface area contributed by atoms with Gasteiger partial charge < -0.3 is 5.11 Å². The topological polar surface area (TPSA) is 98.5 Å². The first-order valence-electron chi connectivity index (χ1n) is 5.06. The molecule has 6 nitrogen and oxygen atoms in total. The van der Waals surface area contributed by atoms with Crippen molar-refractivity contribution < 1.29 is 18.3 Å². The van der Waals surface area contributed by atoms with Gasteiger partial charge in [0.1, 0.15) is 0 Å². The van der Waals surface area contributed by atoms with Crippen LogP contribution in [0.4, 0.5) is 0 Å². The lowest BCUT2D eigenvalue weighted by molar-refractivity contribution is 0.0696. The molecule has 1 N–H and O–H groups in total. The summed E-state index contributed by atoms with van der Waals surface area (Å²) in [5, 5.41) is 17.2. The van der Waals surface area contributed by atoms with Gasteiger partial charge in [0, 0.05) is 20.0 Å². The lowest BCUT2D eigenvalue weighted by Gasteiger charge is -2.15. The third-order valence-corrected chi connectivity index (χ3v) is 4.18. The fourth-order valence-corrected chi connectivity index (χ4v) is 2.52. The van der Waals surface area contributed by atoms with E-state index < -0.39 is 16.0 Å². The zero-order valence-corrected chi connectivity index (χ0v) is 10.5. The Morgan fingerprint density at radius 3 is 2.72 bits per heavy atom. The van der Waals surface area contributed by atoms with Gasteiger partial charge >= 0.3 is 5.97 Å². The summed E-state index contributed by atoms with van der Waals surface area (Å²) in [7, 11) is -2.40. The average molecular weight is 268 g/mol. The normalized spacial score (nSPS) is 11.2. The Labute approximate surface area is 105 Å². The van der Waals surface area contributed by atoms with Gasteiger partial charge in [0.05, 0.1) is 16.5 Å². The smallest absolute Gasteiger partial charge is 0.335 e. The van der Waals surface area contributed by atoms with E-state index in [-0.39, 0.29) is 23.4 Å². The summed E-state index contributed by atoms with van der Waals surface area (Å²) in [4.78, 5) is 10.7. The molecule has 7 heteroatoms. The Bertz CT molecular complexity index is 589. The van der Waals surface area contributed by atoms with Gasteiger partial charge in [-0.1, -0.05) is 6.07 Å². The molecule has 18 heavy (non-hydrogen) atoms. The highest BCUT2D eigenvalue weighted by Crippen LogP contribution is 2.16. The van der Waals surface area contributed by atoms with Gasteiger partial charge in [0.2, 0.25) is 10.0 Å². The van der Waals surface area contributed by atoms with Crippen molar-refractivity contribution in [3.05, 3.63) is 29.8 Å². The molecule has 0 unspecified atom stereocenters. The number of benzene rings is 1. The van der Waals surface area contributed by atoms with Crippen LogP contribution in [0.2, 0.25) is 0 Å². The molecular formula is C11H12N2O4S. The molecule has 0 radical (unpaired) electrons. The van der Waals surface area contributed by atoms with Crippen molar-refractivity contribution in [2.24, 2.45) is 0 Å². The molecule has 0 bridgehead atoms. The summed E-state index contributed by atoms with van der Waals surface area (Å²) in [6, 6.07) is 6.96. The Balaban J connectivity index is 3.09. The summed E-state index contributed by atoms with van der Waals surface area (Å²) in [5.74, 6) is -1.19. The zero-order valence-electron chi connectivity index (χ0n) is 9.70. The Kier molecular flexibility index (Phi) is 4.42. The number of hydrogen-bond acceptors (Lipinski definition) is 4. The lowest BCUT2D eigenvalue weighted by Crippen LogP contribution is -2.28. The van der Waals surface area contributed by atoms with E-state index in [1.807, 2.05) is 6.07 Å². The molecular weight excluding hydrogens is 256 g/mol. The number of nitriles is 1. The van der Waals surface area contributed by atoms with Crippen LogP contribution in [0.15, 0.2) is 29.2 Å². The van der Waals surface area contributed by atoms with Crippen LogP contribution >= 0.6 is 0 Å². The fourth-order valence-electron chi connectivity index (χ4n) is 1.30. The summed E-state index contributed by atoms with van der Waals surface area (Å²) in [6.07, 6.45) is 0.0777. The summed E-state index contributed by atoms with van der Waals surface area (Å²) in [5.41, 5.74) is -0.0928. The second kappa shape index (κ2) is 5.62. The van der Waals surface area contributed by atoms with Crippen molar-refractivity contribution in [2.75, 3.05) is 13.6 Å². The first-order valence-corrected chi connectivity index (χ1v) is 6.50. The predicted molar refractivity (Wildman–Crippen MR) is 63.4 cm³/mol. The number of aromatic carboxylic acids is 1. The van der Waals surface area contributed by atoms with E-state index in [0.29, 0.717) is 0 Å². The van der Waals surface area contributed by atoms with Crippen LogP contribution in [-0.2, 0) is 10.0 Å². The fraction of sp³-hybridized carbons (Fsp3) is 0.273. The summed E-state index contributed by atoms with van der Waals surface area (Å²) < 4.78 is 25.1. The van der Waals surface area contributed by atoms with Gasteiger partial charge in [-0.15, -0.1) is 0 Å². The maximum Gasteiger partial charge on any atom is 0.335 e. The predicted octanol–water partition coefficient (Wildman–Crippen LogP) is 0.919. The lowest BCUT2D eigenvalue weighted by atomic mass is 10.2. The largest absolute Gasteiger partial charge is 0.478 e. The van der Waals surface area contributed by atoms with Crippen molar-refractivity contribution in [3.8, 4) is 6.07 Å². The van der Waals surface area contributed by atoms with Crippen LogP contribution in [0.3, 0.4) is 0 Å². The minimum absolute atomic E-state index is 0.0656. The average Bonchev–Trinajstić information content (AvgIpc) is 2.35. The SMILES string of the molecule is CN(CCC#N)S(=O)(=O)c1cccc(C(=O)O)c1. The van der Waals surface area contributed by atoms with Crippen LogP contribution in [-0.4, -0.2) is 37.4 Å². The minimum atomic E-state index is -3.75. The van der Waals surface area contributed by atoms with E-state index in [1.54, 1.807) is 0 Å². The number of carboxylic acids is 1. The van der Waals surface area contributed by atoms with Crippen molar-refractivity contribution in [1.82, 2.24) is 4.31 Å². The van der Waals surface area contributed by atoms with Crippen molar-refractivity contribution >= 4 is 16.0 Å². The molecule has 0 saturated heterocycles. The van der Waals surface area contributed by atoms with Gasteiger partial charge in [0.25, 0.3) is 0 Å². The van der Waals surface area contributed by atoms with Crippen LogP contribution < -0.4 is 0 Å². The van der Waals surface area contributed by atoms with Gasteiger partial charge in [-0.05, 0) is 18.2 Å².